The zero-order valence-electron chi connectivity index (χ0n) is 11.8. The summed E-state index contributed by atoms with van der Waals surface area (Å²) in [4.78, 5) is 18.4. The van der Waals surface area contributed by atoms with Gasteiger partial charge in [-0.05, 0) is 6.92 Å². The number of morpholine rings is 1. The lowest BCUT2D eigenvalue weighted by Crippen LogP contribution is -2.43. The molecule has 19 heavy (non-hydrogen) atoms. The highest BCUT2D eigenvalue weighted by molar-refractivity contribution is 7.17. The van der Waals surface area contributed by atoms with Crippen molar-refractivity contribution in [1.82, 2.24) is 4.98 Å². The van der Waals surface area contributed by atoms with Gasteiger partial charge in [-0.1, -0.05) is 32.1 Å². The number of aromatic carboxylic acids is 1. The molecule has 0 aromatic carbocycles. The highest BCUT2D eigenvalue weighted by atomic mass is 32.1. The lowest BCUT2D eigenvalue weighted by atomic mass is 9.91. The molecule has 0 aliphatic carbocycles. The molecule has 1 fully saturated rings. The predicted octanol–water partition coefficient (Wildman–Crippen LogP) is 2.36. The monoisotopic (exact) mass is 284 g/mol. The van der Waals surface area contributed by atoms with Crippen LogP contribution in [0.4, 0.5) is 5.13 Å². The Balaban J connectivity index is 2.40. The topological polar surface area (TPSA) is 62.7 Å². The summed E-state index contributed by atoms with van der Waals surface area (Å²) in [7, 11) is 0. The molecule has 1 aromatic rings. The summed E-state index contributed by atoms with van der Waals surface area (Å²) >= 11 is 1.26. The van der Waals surface area contributed by atoms with E-state index in [1.54, 1.807) is 0 Å². The number of rotatable bonds is 2. The Morgan fingerprint density at radius 2 is 2.21 bits per heavy atom. The first-order chi connectivity index (χ1) is 8.80. The molecule has 1 unspecified atom stereocenters. The van der Waals surface area contributed by atoms with E-state index in [0.717, 1.165) is 11.7 Å². The third kappa shape index (κ3) is 2.90. The lowest BCUT2D eigenvalue weighted by Gasteiger charge is -2.33. The van der Waals surface area contributed by atoms with Crippen LogP contribution >= 0.6 is 11.3 Å². The summed E-state index contributed by atoms with van der Waals surface area (Å²) in [6, 6.07) is 0.231. The maximum absolute atomic E-state index is 11.4. The van der Waals surface area contributed by atoms with Crippen LogP contribution in [-0.4, -0.2) is 41.9 Å². The molecule has 1 aliphatic rings. The van der Waals surface area contributed by atoms with Gasteiger partial charge in [0.2, 0.25) is 0 Å². The van der Waals surface area contributed by atoms with Crippen LogP contribution in [0.15, 0.2) is 0 Å². The van der Waals surface area contributed by atoms with Crippen molar-refractivity contribution in [3.63, 3.8) is 0 Å². The number of ether oxygens (including phenoxy) is 1. The van der Waals surface area contributed by atoms with Crippen molar-refractivity contribution in [1.29, 1.82) is 0 Å². The Morgan fingerprint density at radius 3 is 2.68 bits per heavy atom. The van der Waals surface area contributed by atoms with Crippen LogP contribution in [0.2, 0.25) is 0 Å². The van der Waals surface area contributed by atoms with Crippen LogP contribution in [-0.2, 0) is 10.2 Å². The second kappa shape index (κ2) is 5.09. The smallest absolute Gasteiger partial charge is 0.347 e. The van der Waals surface area contributed by atoms with E-state index < -0.39 is 5.97 Å². The van der Waals surface area contributed by atoms with Gasteiger partial charge in [-0.3, -0.25) is 0 Å². The van der Waals surface area contributed by atoms with Gasteiger partial charge in [-0.2, -0.15) is 0 Å². The van der Waals surface area contributed by atoms with E-state index in [2.05, 4.69) is 16.8 Å². The van der Waals surface area contributed by atoms with Gasteiger partial charge in [0.1, 0.15) is 4.88 Å². The Kier molecular flexibility index (Phi) is 3.82. The predicted molar refractivity (Wildman–Crippen MR) is 75.4 cm³/mol. The largest absolute Gasteiger partial charge is 0.477 e. The Hall–Kier alpha value is -1.14. The first-order valence-electron chi connectivity index (χ1n) is 6.39. The lowest BCUT2D eigenvalue weighted by molar-refractivity contribution is 0.0699. The highest BCUT2D eigenvalue weighted by Crippen LogP contribution is 2.34. The van der Waals surface area contributed by atoms with Gasteiger partial charge in [0.25, 0.3) is 0 Å². The number of anilines is 1. The number of carbonyl (C=O) groups is 1. The van der Waals surface area contributed by atoms with Crippen LogP contribution in [0.3, 0.4) is 0 Å². The molecule has 1 aromatic heterocycles. The second-order valence-corrected chi connectivity index (χ2v) is 6.82. The number of carboxylic acids is 1. The molecule has 0 spiro atoms. The summed E-state index contributed by atoms with van der Waals surface area (Å²) in [5.74, 6) is -0.894. The van der Waals surface area contributed by atoms with Gasteiger partial charge in [0, 0.05) is 12.0 Å². The average molecular weight is 284 g/mol. The SMILES string of the molecule is CC1COCCN1c1nc(C(C)(C)C)c(C(=O)O)s1. The van der Waals surface area contributed by atoms with Crippen LogP contribution in [0.5, 0.6) is 0 Å². The van der Waals surface area contributed by atoms with Gasteiger partial charge < -0.3 is 14.7 Å². The molecule has 5 nitrogen and oxygen atoms in total. The fourth-order valence-corrected chi connectivity index (χ4v) is 3.34. The number of nitrogens with zero attached hydrogens (tertiary/aromatic N) is 2. The van der Waals surface area contributed by atoms with Gasteiger partial charge in [0.15, 0.2) is 5.13 Å². The van der Waals surface area contributed by atoms with Crippen molar-refractivity contribution in [2.45, 2.75) is 39.2 Å². The van der Waals surface area contributed by atoms with E-state index in [9.17, 15) is 9.90 Å². The minimum absolute atomic E-state index is 0.231. The Morgan fingerprint density at radius 1 is 1.53 bits per heavy atom. The molecule has 106 valence electrons. The van der Waals surface area contributed by atoms with Crippen LogP contribution in [0.1, 0.15) is 43.1 Å². The van der Waals surface area contributed by atoms with Gasteiger partial charge in [0.05, 0.1) is 24.9 Å². The van der Waals surface area contributed by atoms with Crippen molar-refractivity contribution in [2.75, 3.05) is 24.7 Å². The third-order valence-corrected chi connectivity index (χ3v) is 4.21. The van der Waals surface area contributed by atoms with Crippen LogP contribution < -0.4 is 4.90 Å². The molecule has 1 aliphatic heterocycles. The summed E-state index contributed by atoms with van der Waals surface area (Å²) < 4.78 is 5.40. The van der Waals surface area contributed by atoms with E-state index in [-0.39, 0.29) is 11.5 Å². The fourth-order valence-electron chi connectivity index (χ4n) is 2.10. The summed E-state index contributed by atoms with van der Waals surface area (Å²) in [6.07, 6.45) is 0. The molecule has 6 heteroatoms. The van der Waals surface area contributed by atoms with E-state index in [1.807, 2.05) is 20.8 Å². The highest BCUT2D eigenvalue weighted by Gasteiger charge is 2.30. The van der Waals surface area contributed by atoms with Crippen molar-refractivity contribution in [3.8, 4) is 0 Å². The van der Waals surface area contributed by atoms with Crippen LogP contribution in [0, 0.1) is 0 Å². The molecule has 1 atom stereocenters. The van der Waals surface area contributed by atoms with E-state index in [4.69, 9.17) is 4.74 Å². The van der Waals surface area contributed by atoms with E-state index in [0.29, 0.717) is 23.8 Å². The first kappa shape index (κ1) is 14.3. The fraction of sp³-hybridized carbons (Fsp3) is 0.692. The quantitative estimate of drug-likeness (QED) is 0.903. The molecule has 2 rings (SSSR count). The minimum Gasteiger partial charge on any atom is -0.477 e. The van der Waals surface area contributed by atoms with E-state index >= 15 is 0 Å². The first-order valence-corrected chi connectivity index (χ1v) is 7.21. The molecule has 0 bridgehead atoms. The van der Waals surface area contributed by atoms with Crippen molar-refractivity contribution in [3.05, 3.63) is 10.6 Å². The number of hydrogen-bond donors (Lipinski definition) is 1. The zero-order valence-corrected chi connectivity index (χ0v) is 12.6. The number of thiazole rings is 1. The van der Waals surface area contributed by atoms with Crippen molar-refractivity contribution >= 4 is 22.4 Å². The molecular weight excluding hydrogens is 264 g/mol. The number of hydrogen-bond acceptors (Lipinski definition) is 5. The third-order valence-electron chi connectivity index (χ3n) is 3.13. The minimum atomic E-state index is -0.894. The van der Waals surface area contributed by atoms with Crippen molar-refractivity contribution in [2.24, 2.45) is 0 Å². The number of carboxylic acid groups (broad SMARTS) is 1. The maximum Gasteiger partial charge on any atom is 0.347 e. The molecule has 1 saturated heterocycles. The van der Waals surface area contributed by atoms with Crippen molar-refractivity contribution < 1.29 is 14.6 Å². The number of aromatic nitrogens is 1. The molecule has 0 amide bonds. The maximum atomic E-state index is 11.4. The molecule has 2 heterocycles. The van der Waals surface area contributed by atoms with Gasteiger partial charge in [-0.15, -0.1) is 0 Å². The molecule has 1 N–H and O–H groups in total. The van der Waals surface area contributed by atoms with Gasteiger partial charge in [-0.25, -0.2) is 9.78 Å². The Labute approximate surface area is 117 Å². The standard InChI is InChI=1S/C13H20N2O3S/c1-8-7-18-6-5-15(8)12-14-10(13(2,3)4)9(19-12)11(16)17/h8H,5-7H2,1-4H3,(H,16,17). The second-order valence-electron chi connectivity index (χ2n) is 5.85. The Bertz CT molecular complexity index is 479. The summed E-state index contributed by atoms with van der Waals surface area (Å²) in [5, 5.41) is 10.1. The molecular formula is C13H20N2O3S. The molecule has 0 saturated carbocycles. The zero-order chi connectivity index (χ0) is 14.2. The average Bonchev–Trinajstić information content (AvgIpc) is 2.74. The molecule has 0 radical (unpaired) electrons. The normalized spacial score (nSPS) is 20.6. The summed E-state index contributed by atoms with van der Waals surface area (Å²) in [6.45, 7) is 10.1. The van der Waals surface area contributed by atoms with Crippen LogP contribution in [0.25, 0.3) is 0 Å². The van der Waals surface area contributed by atoms with Gasteiger partial charge >= 0.3 is 5.97 Å². The summed E-state index contributed by atoms with van der Waals surface area (Å²) in [5.41, 5.74) is 0.400. The van der Waals surface area contributed by atoms with E-state index in [1.165, 1.54) is 11.3 Å².